The Bertz CT molecular complexity index is 1330. The first kappa shape index (κ1) is 23.2. The van der Waals surface area contributed by atoms with Gasteiger partial charge in [-0.2, -0.15) is 0 Å². The number of anilines is 3. The topological polar surface area (TPSA) is 130 Å². The van der Waals surface area contributed by atoms with Crippen molar-refractivity contribution < 1.29 is 24.2 Å². The number of nitrogens with one attached hydrogen (secondary N) is 1. The molecule has 0 saturated carbocycles. The number of hydrogen-bond acceptors (Lipinski definition) is 9. The summed E-state index contributed by atoms with van der Waals surface area (Å²) in [6.07, 6.45) is 5.64. The summed E-state index contributed by atoms with van der Waals surface area (Å²) >= 11 is 0. The maximum absolute atomic E-state index is 11.3. The highest BCUT2D eigenvalue weighted by molar-refractivity contribution is 5.74. The maximum atomic E-state index is 11.3. The average molecular weight is 502 g/mol. The highest BCUT2D eigenvalue weighted by Gasteiger charge is 2.44. The maximum Gasteiger partial charge on any atom is 0.408 e. The first-order valence-corrected chi connectivity index (χ1v) is 12.2. The number of nitrogens with zero attached hydrogens (tertiary/aromatic N) is 5. The second-order valence-corrected chi connectivity index (χ2v) is 9.24. The zero-order chi connectivity index (χ0) is 25.4. The van der Waals surface area contributed by atoms with E-state index in [4.69, 9.17) is 14.5 Å². The van der Waals surface area contributed by atoms with Gasteiger partial charge in [0.05, 0.1) is 18.9 Å². The molecule has 0 bridgehead atoms. The van der Waals surface area contributed by atoms with Crippen molar-refractivity contribution in [2.75, 3.05) is 43.1 Å². The molecule has 1 radical (unpaired) electrons. The van der Waals surface area contributed by atoms with Crippen molar-refractivity contribution in [3.05, 3.63) is 54.5 Å². The molecular weight excluding hydrogens is 476 g/mol. The number of amides is 1. The van der Waals surface area contributed by atoms with E-state index in [-0.39, 0.29) is 13.1 Å². The lowest BCUT2D eigenvalue weighted by Crippen LogP contribution is -2.55. The minimum Gasteiger partial charge on any atom is -0.478 e. The number of aromatic nitrogens is 3. The van der Waals surface area contributed by atoms with Gasteiger partial charge in [-0.25, -0.2) is 14.8 Å². The van der Waals surface area contributed by atoms with Crippen LogP contribution in [0.5, 0.6) is 5.75 Å². The third-order valence-corrected chi connectivity index (χ3v) is 7.10. The number of ether oxygens (including phenoxy) is 2. The number of piperazine rings is 1. The molecule has 11 nitrogen and oxygen atoms in total. The van der Waals surface area contributed by atoms with Crippen LogP contribution in [0.1, 0.15) is 18.5 Å². The predicted octanol–water partition coefficient (Wildman–Crippen LogP) is 2.96. The van der Waals surface area contributed by atoms with E-state index in [0.717, 1.165) is 39.0 Å². The van der Waals surface area contributed by atoms with Crippen LogP contribution in [0.3, 0.4) is 0 Å². The Kier molecular flexibility index (Phi) is 5.84. The molecule has 1 atom stereocenters. The van der Waals surface area contributed by atoms with Crippen LogP contribution in [-0.2, 0) is 15.1 Å². The van der Waals surface area contributed by atoms with E-state index in [1.165, 1.54) is 0 Å². The molecule has 11 heteroatoms. The van der Waals surface area contributed by atoms with E-state index < -0.39 is 17.7 Å². The molecule has 3 aromatic rings. The Hall–Kier alpha value is -4.25. The quantitative estimate of drug-likeness (QED) is 0.550. The van der Waals surface area contributed by atoms with Gasteiger partial charge in [0, 0.05) is 61.8 Å². The molecule has 1 amide bonds. The van der Waals surface area contributed by atoms with Crippen molar-refractivity contribution in [1.82, 2.24) is 19.9 Å². The van der Waals surface area contributed by atoms with Crippen molar-refractivity contribution >= 4 is 29.7 Å². The van der Waals surface area contributed by atoms with Gasteiger partial charge >= 0.3 is 6.09 Å². The third-order valence-electron chi connectivity index (χ3n) is 7.10. The monoisotopic (exact) mass is 501 g/mol. The number of fused-ring (bicyclic) bond motifs is 4. The molecule has 1 unspecified atom stereocenters. The fourth-order valence-corrected chi connectivity index (χ4v) is 5.17. The zero-order valence-electron chi connectivity index (χ0n) is 20.0. The fraction of sp³-hybridized carbons (Fsp3) is 0.346. The van der Waals surface area contributed by atoms with Crippen LogP contribution in [0.25, 0.3) is 11.3 Å². The highest BCUT2D eigenvalue weighted by Crippen LogP contribution is 2.47. The largest absolute Gasteiger partial charge is 0.478 e. The number of rotatable bonds is 4. The molecule has 189 valence electrons. The van der Waals surface area contributed by atoms with Gasteiger partial charge in [-0.1, -0.05) is 0 Å². The zero-order valence-corrected chi connectivity index (χ0v) is 20.0. The Labute approximate surface area is 213 Å². The van der Waals surface area contributed by atoms with Crippen LogP contribution in [0.4, 0.5) is 22.1 Å². The Morgan fingerprint density at radius 3 is 2.70 bits per heavy atom. The number of carboxylic acid groups (broad SMARTS) is 1. The molecule has 2 fully saturated rings. The van der Waals surface area contributed by atoms with Crippen LogP contribution in [0.2, 0.25) is 0 Å². The van der Waals surface area contributed by atoms with Gasteiger partial charge in [0.25, 0.3) is 0 Å². The predicted molar refractivity (Wildman–Crippen MR) is 134 cm³/mol. The molecule has 2 N–H and O–H groups in total. The summed E-state index contributed by atoms with van der Waals surface area (Å²) < 4.78 is 12.1. The molecular formula is C26H25N6O5. The third kappa shape index (κ3) is 4.20. The number of carbonyl (C=O) groups is 1. The summed E-state index contributed by atoms with van der Waals surface area (Å²) in [6.45, 7) is 2.18. The van der Waals surface area contributed by atoms with E-state index in [1.807, 2.05) is 47.6 Å². The SMILES string of the molecule is O=[C]C1CN(c2ccc(Nc3ncc4c(n3)C3(CCOCC3)Oc3cccnc3-4)cc2)CCN1C(=O)O. The minimum atomic E-state index is -1.11. The van der Waals surface area contributed by atoms with Crippen molar-refractivity contribution in [2.24, 2.45) is 0 Å². The van der Waals surface area contributed by atoms with Crippen molar-refractivity contribution in [1.29, 1.82) is 0 Å². The van der Waals surface area contributed by atoms with Gasteiger partial charge in [0.1, 0.15) is 17.5 Å². The van der Waals surface area contributed by atoms with E-state index in [2.05, 4.69) is 15.3 Å². The number of hydrogen-bond donors (Lipinski definition) is 2. The van der Waals surface area contributed by atoms with E-state index in [9.17, 15) is 14.7 Å². The summed E-state index contributed by atoms with van der Waals surface area (Å²) in [7, 11) is 0. The lowest BCUT2D eigenvalue weighted by atomic mass is 9.84. The molecule has 3 aliphatic heterocycles. The lowest BCUT2D eigenvalue weighted by Gasteiger charge is -2.41. The van der Waals surface area contributed by atoms with E-state index in [0.29, 0.717) is 38.5 Å². The summed E-state index contributed by atoms with van der Waals surface area (Å²) in [5.74, 6) is 1.18. The van der Waals surface area contributed by atoms with Crippen LogP contribution in [0, 0.1) is 0 Å². The first-order chi connectivity index (χ1) is 18.1. The minimum absolute atomic E-state index is 0.241. The summed E-state index contributed by atoms with van der Waals surface area (Å²) in [5, 5.41) is 12.5. The number of carbonyl (C=O) groups excluding carboxylic acids is 1. The van der Waals surface area contributed by atoms with Gasteiger partial charge in [-0.05, 0) is 36.4 Å². The second kappa shape index (κ2) is 9.32. The molecule has 1 spiro atoms. The van der Waals surface area contributed by atoms with Crippen LogP contribution >= 0.6 is 0 Å². The lowest BCUT2D eigenvalue weighted by molar-refractivity contribution is -0.0542. The van der Waals surface area contributed by atoms with E-state index >= 15 is 0 Å². The number of pyridine rings is 1. The number of benzene rings is 1. The van der Waals surface area contributed by atoms with Gasteiger partial charge in [0.15, 0.2) is 5.60 Å². The Morgan fingerprint density at radius 2 is 1.95 bits per heavy atom. The summed E-state index contributed by atoms with van der Waals surface area (Å²) in [5.41, 5.74) is 3.51. The average Bonchev–Trinajstić information content (AvgIpc) is 2.94. The van der Waals surface area contributed by atoms with Gasteiger partial charge < -0.3 is 24.8 Å². The molecule has 2 saturated heterocycles. The van der Waals surface area contributed by atoms with Gasteiger partial charge in [-0.15, -0.1) is 0 Å². The van der Waals surface area contributed by atoms with Crippen molar-refractivity contribution in [2.45, 2.75) is 24.5 Å². The van der Waals surface area contributed by atoms with Crippen LogP contribution in [0.15, 0.2) is 48.8 Å². The van der Waals surface area contributed by atoms with Crippen molar-refractivity contribution in [3.8, 4) is 17.0 Å². The van der Waals surface area contributed by atoms with E-state index in [1.54, 1.807) is 12.4 Å². The van der Waals surface area contributed by atoms with Crippen LogP contribution < -0.4 is 15.0 Å². The molecule has 37 heavy (non-hydrogen) atoms. The molecule has 3 aliphatic rings. The molecule has 1 aromatic carbocycles. The summed E-state index contributed by atoms with van der Waals surface area (Å²) in [6, 6.07) is 10.6. The fourth-order valence-electron chi connectivity index (χ4n) is 5.17. The second-order valence-electron chi connectivity index (χ2n) is 9.24. The van der Waals surface area contributed by atoms with Crippen LogP contribution in [-0.4, -0.2) is 76.2 Å². The normalized spacial score (nSPS) is 19.9. The molecule has 5 heterocycles. The highest BCUT2D eigenvalue weighted by atomic mass is 16.5. The van der Waals surface area contributed by atoms with Gasteiger partial charge in [-0.3, -0.25) is 14.7 Å². The Morgan fingerprint density at radius 1 is 1.14 bits per heavy atom. The van der Waals surface area contributed by atoms with Crippen molar-refractivity contribution in [3.63, 3.8) is 0 Å². The first-order valence-electron chi connectivity index (χ1n) is 12.2. The molecule has 0 aliphatic carbocycles. The smallest absolute Gasteiger partial charge is 0.408 e. The standard InChI is InChI=1S/C26H25N6O5/c33-16-19-15-31(10-11-32(19)25(34)35)18-5-3-17(4-6-18)29-24-28-14-20-22-21(2-1-9-27-22)37-26(23(20)30-24)7-12-36-13-8-26/h1-6,9,14,19H,7-8,10-13,15H2,(H,34,35)(H,28,29,30). The Balaban J connectivity index is 1.23. The molecule has 6 rings (SSSR count). The summed E-state index contributed by atoms with van der Waals surface area (Å²) in [4.78, 5) is 39.7. The molecule has 2 aromatic heterocycles. The van der Waals surface area contributed by atoms with Gasteiger partial charge in [0.2, 0.25) is 12.2 Å².